The number of aliphatic hydroxyl groups is 1. The SMILES string of the molecule is CCNC(=NCC(O)c1ccc(OC)cc1)NC1CCCC(C)C1. The summed E-state index contributed by atoms with van der Waals surface area (Å²) in [6.07, 6.45) is 4.35. The second-order valence-electron chi connectivity index (χ2n) is 6.62. The average Bonchev–Trinajstić information content (AvgIpc) is 2.60. The molecule has 5 heteroatoms. The van der Waals surface area contributed by atoms with Gasteiger partial charge in [-0.15, -0.1) is 0 Å². The quantitative estimate of drug-likeness (QED) is 0.553. The van der Waals surface area contributed by atoms with E-state index in [9.17, 15) is 5.11 Å². The summed E-state index contributed by atoms with van der Waals surface area (Å²) < 4.78 is 5.14. The predicted molar refractivity (Wildman–Crippen MR) is 98.5 cm³/mol. The van der Waals surface area contributed by atoms with E-state index in [0.29, 0.717) is 12.6 Å². The van der Waals surface area contributed by atoms with Crippen molar-refractivity contribution >= 4 is 5.96 Å². The Kier molecular flexibility index (Phi) is 7.37. The van der Waals surface area contributed by atoms with E-state index in [2.05, 4.69) is 29.5 Å². The molecular weight excluding hydrogens is 302 g/mol. The maximum absolute atomic E-state index is 10.3. The molecule has 1 aliphatic rings. The number of rotatable bonds is 6. The van der Waals surface area contributed by atoms with Crippen LogP contribution in [0, 0.1) is 5.92 Å². The van der Waals surface area contributed by atoms with Crippen LogP contribution in [0.4, 0.5) is 0 Å². The maximum atomic E-state index is 10.3. The molecule has 5 nitrogen and oxygen atoms in total. The van der Waals surface area contributed by atoms with E-state index in [4.69, 9.17) is 4.74 Å². The van der Waals surface area contributed by atoms with Gasteiger partial charge in [0.1, 0.15) is 5.75 Å². The Morgan fingerprint density at radius 1 is 1.33 bits per heavy atom. The van der Waals surface area contributed by atoms with Gasteiger partial charge in [-0.1, -0.05) is 31.9 Å². The van der Waals surface area contributed by atoms with Gasteiger partial charge in [-0.25, -0.2) is 0 Å². The van der Waals surface area contributed by atoms with Crippen LogP contribution in [0.1, 0.15) is 51.2 Å². The van der Waals surface area contributed by atoms with Crippen LogP contribution >= 0.6 is 0 Å². The minimum atomic E-state index is -0.614. The second-order valence-corrected chi connectivity index (χ2v) is 6.62. The highest BCUT2D eigenvalue weighted by atomic mass is 16.5. The van der Waals surface area contributed by atoms with Gasteiger partial charge in [0.05, 0.1) is 19.8 Å². The summed E-state index contributed by atoms with van der Waals surface area (Å²) in [6.45, 7) is 5.52. The summed E-state index contributed by atoms with van der Waals surface area (Å²) in [6, 6.07) is 7.94. The van der Waals surface area contributed by atoms with Gasteiger partial charge in [-0.05, 0) is 43.4 Å². The van der Waals surface area contributed by atoms with E-state index in [-0.39, 0.29) is 0 Å². The van der Waals surface area contributed by atoms with Crippen molar-refractivity contribution in [1.82, 2.24) is 10.6 Å². The number of aliphatic imine (C=N–C) groups is 1. The molecule has 1 aliphatic carbocycles. The summed E-state index contributed by atoms with van der Waals surface area (Å²) in [5, 5.41) is 17.1. The van der Waals surface area contributed by atoms with E-state index in [1.807, 2.05) is 24.3 Å². The molecule has 3 N–H and O–H groups in total. The topological polar surface area (TPSA) is 65.9 Å². The zero-order valence-electron chi connectivity index (χ0n) is 15.1. The smallest absolute Gasteiger partial charge is 0.191 e. The van der Waals surface area contributed by atoms with Crippen LogP contribution < -0.4 is 15.4 Å². The summed E-state index contributed by atoms with van der Waals surface area (Å²) in [5.41, 5.74) is 0.849. The Balaban J connectivity index is 1.93. The van der Waals surface area contributed by atoms with Gasteiger partial charge in [0.2, 0.25) is 0 Å². The lowest BCUT2D eigenvalue weighted by Gasteiger charge is -2.29. The minimum Gasteiger partial charge on any atom is -0.497 e. The number of guanidine groups is 1. The first-order chi connectivity index (χ1) is 11.6. The monoisotopic (exact) mass is 333 g/mol. The zero-order valence-corrected chi connectivity index (χ0v) is 15.1. The van der Waals surface area contributed by atoms with Crippen molar-refractivity contribution in [2.24, 2.45) is 10.9 Å². The molecule has 0 radical (unpaired) electrons. The number of benzene rings is 1. The van der Waals surface area contributed by atoms with E-state index in [1.165, 1.54) is 25.7 Å². The van der Waals surface area contributed by atoms with E-state index < -0.39 is 6.10 Å². The molecule has 0 spiro atoms. The van der Waals surface area contributed by atoms with Crippen molar-refractivity contribution < 1.29 is 9.84 Å². The van der Waals surface area contributed by atoms with E-state index in [1.54, 1.807) is 7.11 Å². The predicted octanol–water partition coefficient (Wildman–Crippen LogP) is 2.86. The molecule has 0 amide bonds. The van der Waals surface area contributed by atoms with Crippen LogP contribution in [0.5, 0.6) is 5.75 Å². The Bertz CT molecular complexity index is 516. The number of nitrogens with zero attached hydrogens (tertiary/aromatic N) is 1. The standard InChI is InChI=1S/C19H31N3O2/c1-4-20-19(22-16-7-5-6-14(2)12-16)21-13-18(23)15-8-10-17(24-3)11-9-15/h8-11,14,16,18,23H,4-7,12-13H2,1-3H3,(H2,20,21,22). The third kappa shape index (κ3) is 5.71. The fraction of sp³-hybridized carbons (Fsp3) is 0.632. The molecule has 0 aliphatic heterocycles. The van der Waals surface area contributed by atoms with Crippen molar-refractivity contribution in [2.75, 3.05) is 20.2 Å². The molecule has 3 atom stereocenters. The Hall–Kier alpha value is -1.75. The number of nitrogens with one attached hydrogen (secondary N) is 2. The van der Waals surface area contributed by atoms with Crippen molar-refractivity contribution in [1.29, 1.82) is 0 Å². The molecule has 1 saturated carbocycles. The molecule has 134 valence electrons. The molecule has 3 unspecified atom stereocenters. The number of hydrogen-bond donors (Lipinski definition) is 3. The molecule has 0 aromatic heterocycles. The highest BCUT2D eigenvalue weighted by Crippen LogP contribution is 2.23. The normalized spacial score (nSPS) is 22.8. The lowest BCUT2D eigenvalue weighted by Crippen LogP contribution is -2.45. The number of methoxy groups -OCH3 is 1. The van der Waals surface area contributed by atoms with Crippen LogP contribution in [-0.2, 0) is 0 Å². The molecule has 0 heterocycles. The third-order valence-electron chi connectivity index (χ3n) is 4.54. The van der Waals surface area contributed by atoms with Crippen LogP contribution in [0.25, 0.3) is 0 Å². The first-order valence-corrected chi connectivity index (χ1v) is 8.99. The highest BCUT2D eigenvalue weighted by molar-refractivity contribution is 5.80. The molecule has 2 rings (SSSR count). The fourth-order valence-electron chi connectivity index (χ4n) is 3.19. The van der Waals surface area contributed by atoms with Crippen molar-refractivity contribution in [2.45, 2.75) is 51.7 Å². The van der Waals surface area contributed by atoms with Crippen LogP contribution in [-0.4, -0.2) is 37.3 Å². The van der Waals surface area contributed by atoms with Crippen LogP contribution in [0.2, 0.25) is 0 Å². The summed E-state index contributed by atoms with van der Waals surface area (Å²) >= 11 is 0. The average molecular weight is 333 g/mol. The lowest BCUT2D eigenvalue weighted by molar-refractivity contribution is 0.187. The largest absolute Gasteiger partial charge is 0.497 e. The number of aliphatic hydroxyl groups excluding tert-OH is 1. The summed E-state index contributed by atoms with van der Waals surface area (Å²) in [5.74, 6) is 2.35. The Morgan fingerprint density at radius 2 is 2.08 bits per heavy atom. The van der Waals surface area contributed by atoms with Gasteiger partial charge in [0, 0.05) is 12.6 Å². The van der Waals surface area contributed by atoms with Crippen molar-refractivity contribution in [3.63, 3.8) is 0 Å². The van der Waals surface area contributed by atoms with Crippen LogP contribution in [0.15, 0.2) is 29.3 Å². The van der Waals surface area contributed by atoms with Gasteiger partial charge in [-0.2, -0.15) is 0 Å². The lowest BCUT2D eigenvalue weighted by atomic mass is 9.87. The first-order valence-electron chi connectivity index (χ1n) is 8.99. The van der Waals surface area contributed by atoms with Gasteiger partial charge < -0.3 is 20.5 Å². The fourth-order valence-corrected chi connectivity index (χ4v) is 3.19. The maximum Gasteiger partial charge on any atom is 0.191 e. The first kappa shape index (κ1) is 18.6. The van der Waals surface area contributed by atoms with Crippen LogP contribution in [0.3, 0.4) is 0 Å². The van der Waals surface area contributed by atoms with Gasteiger partial charge >= 0.3 is 0 Å². The number of hydrogen-bond acceptors (Lipinski definition) is 3. The molecule has 1 fully saturated rings. The molecule has 1 aromatic carbocycles. The van der Waals surface area contributed by atoms with Crippen molar-refractivity contribution in [3.05, 3.63) is 29.8 Å². The van der Waals surface area contributed by atoms with Crippen molar-refractivity contribution in [3.8, 4) is 5.75 Å². The Morgan fingerprint density at radius 3 is 2.71 bits per heavy atom. The highest BCUT2D eigenvalue weighted by Gasteiger charge is 2.19. The summed E-state index contributed by atoms with van der Waals surface area (Å²) in [4.78, 5) is 4.56. The molecule has 24 heavy (non-hydrogen) atoms. The van der Waals surface area contributed by atoms with E-state index in [0.717, 1.165) is 29.7 Å². The zero-order chi connectivity index (χ0) is 17.4. The van der Waals surface area contributed by atoms with Gasteiger partial charge in [0.25, 0.3) is 0 Å². The second kappa shape index (κ2) is 9.52. The number of ether oxygens (including phenoxy) is 1. The van der Waals surface area contributed by atoms with E-state index >= 15 is 0 Å². The molecule has 0 saturated heterocycles. The van der Waals surface area contributed by atoms with Gasteiger partial charge in [-0.3, -0.25) is 4.99 Å². The molecular formula is C19H31N3O2. The molecule has 1 aromatic rings. The molecule has 0 bridgehead atoms. The minimum absolute atomic E-state index is 0.337. The third-order valence-corrected chi connectivity index (χ3v) is 4.54. The Labute approximate surface area is 145 Å². The van der Waals surface area contributed by atoms with Gasteiger partial charge in [0.15, 0.2) is 5.96 Å². The summed E-state index contributed by atoms with van der Waals surface area (Å²) in [7, 11) is 1.64.